The first-order chi connectivity index (χ1) is 10.9. The summed E-state index contributed by atoms with van der Waals surface area (Å²) in [5.41, 5.74) is 0.475. The molecular weight excluding hydrogens is 343 g/mol. The number of anilines is 2. The van der Waals surface area contributed by atoms with Crippen molar-refractivity contribution >= 4 is 45.6 Å². The van der Waals surface area contributed by atoms with Gasteiger partial charge in [0, 0.05) is 18.7 Å². The first kappa shape index (κ1) is 15.8. The van der Waals surface area contributed by atoms with Crippen molar-refractivity contribution < 1.29 is 14.0 Å². The van der Waals surface area contributed by atoms with Crippen LogP contribution in [0.4, 0.5) is 15.2 Å². The Morgan fingerprint density at radius 2 is 2.26 bits per heavy atom. The SMILES string of the molecule is Cc1nnc(NC(=O)[C@H]2CC(=O)N(c3ccc(F)c(Cl)c3)C2)s1. The van der Waals surface area contributed by atoms with Gasteiger partial charge in [0.1, 0.15) is 10.8 Å². The third-order valence-electron chi connectivity index (χ3n) is 3.47. The summed E-state index contributed by atoms with van der Waals surface area (Å²) < 4.78 is 13.2. The number of benzene rings is 1. The van der Waals surface area contributed by atoms with Crippen LogP contribution in [0.5, 0.6) is 0 Å². The number of aryl methyl sites for hydroxylation is 1. The Kier molecular flexibility index (Phi) is 4.27. The maximum absolute atomic E-state index is 13.2. The molecule has 0 aliphatic carbocycles. The molecule has 1 aromatic heterocycles. The third kappa shape index (κ3) is 3.32. The van der Waals surface area contributed by atoms with Gasteiger partial charge in [0.2, 0.25) is 16.9 Å². The largest absolute Gasteiger partial charge is 0.312 e. The number of rotatable bonds is 3. The van der Waals surface area contributed by atoms with E-state index >= 15 is 0 Å². The van der Waals surface area contributed by atoms with Gasteiger partial charge in [-0.2, -0.15) is 0 Å². The maximum atomic E-state index is 13.2. The van der Waals surface area contributed by atoms with Crippen LogP contribution in [0.1, 0.15) is 11.4 Å². The van der Waals surface area contributed by atoms with Crippen LogP contribution in [-0.2, 0) is 9.59 Å². The normalized spacial score (nSPS) is 17.6. The third-order valence-corrected chi connectivity index (χ3v) is 4.51. The van der Waals surface area contributed by atoms with Crippen LogP contribution in [0.3, 0.4) is 0 Å². The number of carbonyl (C=O) groups is 2. The van der Waals surface area contributed by atoms with E-state index in [9.17, 15) is 14.0 Å². The lowest BCUT2D eigenvalue weighted by atomic mass is 10.1. The van der Waals surface area contributed by atoms with Gasteiger partial charge in [-0.15, -0.1) is 10.2 Å². The van der Waals surface area contributed by atoms with Gasteiger partial charge in [-0.3, -0.25) is 9.59 Å². The van der Waals surface area contributed by atoms with Crippen molar-refractivity contribution in [3.63, 3.8) is 0 Å². The average molecular weight is 355 g/mol. The van der Waals surface area contributed by atoms with Gasteiger partial charge in [0.25, 0.3) is 0 Å². The summed E-state index contributed by atoms with van der Waals surface area (Å²) in [6, 6.07) is 4.04. The Hall–Kier alpha value is -2.06. The van der Waals surface area contributed by atoms with Crippen molar-refractivity contribution in [3.05, 3.63) is 34.0 Å². The van der Waals surface area contributed by atoms with E-state index in [4.69, 9.17) is 11.6 Å². The van der Waals surface area contributed by atoms with E-state index in [1.165, 1.54) is 34.4 Å². The minimum Gasteiger partial charge on any atom is -0.312 e. The van der Waals surface area contributed by atoms with Crippen LogP contribution in [0.15, 0.2) is 18.2 Å². The van der Waals surface area contributed by atoms with Crippen molar-refractivity contribution in [2.24, 2.45) is 5.92 Å². The van der Waals surface area contributed by atoms with Crippen molar-refractivity contribution in [1.82, 2.24) is 10.2 Å². The van der Waals surface area contributed by atoms with Gasteiger partial charge < -0.3 is 10.2 Å². The summed E-state index contributed by atoms with van der Waals surface area (Å²) in [5, 5.41) is 11.4. The molecule has 1 aromatic carbocycles. The van der Waals surface area contributed by atoms with E-state index in [1.54, 1.807) is 6.92 Å². The molecule has 120 valence electrons. The van der Waals surface area contributed by atoms with E-state index in [0.29, 0.717) is 10.8 Å². The molecule has 23 heavy (non-hydrogen) atoms. The minimum absolute atomic E-state index is 0.0625. The first-order valence-corrected chi connectivity index (χ1v) is 8.00. The number of carbonyl (C=O) groups excluding carboxylic acids is 2. The van der Waals surface area contributed by atoms with E-state index in [1.807, 2.05) is 0 Å². The highest BCUT2D eigenvalue weighted by molar-refractivity contribution is 7.15. The minimum atomic E-state index is -0.553. The van der Waals surface area contributed by atoms with E-state index in [-0.39, 0.29) is 29.8 Å². The van der Waals surface area contributed by atoms with Crippen LogP contribution in [-0.4, -0.2) is 28.6 Å². The molecule has 2 heterocycles. The number of aromatic nitrogens is 2. The van der Waals surface area contributed by atoms with Crippen molar-refractivity contribution in [2.75, 3.05) is 16.8 Å². The summed E-state index contributed by atoms with van der Waals surface area (Å²) in [7, 11) is 0. The van der Waals surface area contributed by atoms with Crippen molar-refractivity contribution in [2.45, 2.75) is 13.3 Å². The molecule has 1 aliphatic rings. The quantitative estimate of drug-likeness (QED) is 0.919. The van der Waals surface area contributed by atoms with Gasteiger partial charge in [0.05, 0.1) is 10.9 Å². The number of amides is 2. The van der Waals surface area contributed by atoms with Gasteiger partial charge in [-0.1, -0.05) is 22.9 Å². The Morgan fingerprint density at radius 3 is 2.91 bits per heavy atom. The van der Waals surface area contributed by atoms with Crippen molar-refractivity contribution in [1.29, 1.82) is 0 Å². The fourth-order valence-electron chi connectivity index (χ4n) is 2.34. The number of nitrogens with one attached hydrogen (secondary N) is 1. The van der Waals surface area contributed by atoms with E-state index in [0.717, 1.165) is 5.01 Å². The topological polar surface area (TPSA) is 75.2 Å². The molecule has 3 rings (SSSR count). The van der Waals surface area contributed by atoms with Crippen LogP contribution >= 0.6 is 22.9 Å². The summed E-state index contributed by atoms with van der Waals surface area (Å²) >= 11 is 7.01. The Labute approximate surface area is 140 Å². The number of hydrogen-bond donors (Lipinski definition) is 1. The number of nitrogens with zero attached hydrogens (tertiary/aromatic N) is 3. The number of halogens is 2. The summed E-state index contributed by atoms with van der Waals surface area (Å²) in [6.45, 7) is 2.00. The fourth-order valence-corrected chi connectivity index (χ4v) is 3.11. The molecule has 6 nitrogen and oxygen atoms in total. The lowest BCUT2D eigenvalue weighted by Gasteiger charge is -2.17. The Bertz CT molecular complexity index is 782. The molecular formula is C14H12ClFN4O2S. The molecule has 1 aliphatic heterocycles. The lowest BCUT2D eigenvalue weighted by Crippen LogP contribution is -2.28. The molecule has 0 unspecified atom stereocenters. The smallest absolute Gasteiger partial charge is 0.231 e. The molecule has 1 saturated heterocycles. The monoisotopic (exact) mass is 354 g/mol. The Morgan fingerprint density at radius 1 is 1.48 bits per heavy atom. The molecule has 1 fully saturated rings. The fraction of sp³-hybridized carbons (Fsp3) is 0.286. The zero-order valence-corrected chi connectivity index (χ0v) is 13.6. The second-order valence-corrected chi connectivity index (χ2v) is 6.71. The summed E-state index contributed by atoms with van der Waals surface area (Å²) in [4.78, 5) is 25.8. The first-order valence-electron chi connectivity index (χ1n) is 6.80. The molecule has 1 N–H and O–H groups in total. The van der Waals surface area contributed by atoms with Gasteiger partial charge in [0.15, 0.2) is 0 Å². The highest BCUT2D eigenvalue weighted by Crippen LogP contribution is 2.29. The lowest BCUT2D eigenvalue weighted by molar-refractivity contribution is -0.122. The van der Waals surface area contributed by atoms with Crippen molar-refractivity contribution in [3.8, 4) is 0 Å². The predicted molar refractivity (Wildman–Crippen MR) is 85.1 cm³/mol. The predicted octanol–water partition coefficient (Wildman–Crippen LogP) is 2.63. The molecule has 9 heteroatoms. The summed E-state index contributed by atoms with van der Waals surface area (Å²) in [6.07, 6.45) is 0.0820. The zero-order chi connectivity index (χ0) is 16.6. The standard InChI is InChI=1S/C14H12ClFN4O2S/c1-7-18-19-14(23-7)17-13(22)8-4-12(21)20(6-8)9-2-3-11(16)10(15)5-9/h2-3,5,8H,4,6H2,1H3,(H,17,19,22)/t8-/m0/s1. The maximum Gasteiger partial charge on any atom is 0.231 e. The Balaban J connectivity index is 1.71. The zero-order valence-electron chi connectivity index (χ0n) is 12.0. The van der Waals surface area contributed by atoms with Gasteiger partial charge in [-0.05, 0) is 25.1 Å². The highest BCUT2D eigenvalue weighted by Gasteiger charge is 2.35. The second-order valence-electron chi connectivity index (χ2n) is 5.12. The van der Waals surface area contributed by atoms with Crippen LogP contribution in [0.2, 0.25) is 5.02 Å². The van der Waals surface area contributed by atoms with Crippen LogP contribution in [0, 0.1) is 18.7 Å². The molecule has 0 bridgehead atoms. The highest BCUT2D eigenvalue weighted by atomic mass is 35.5. The van der Waals surface area contributed by atoms with E-state index in [2.05, 4.69) is 15.5 Å². The summed E-state index contributed by atoms with van der Waals surface area (Å²) in [5.74, 6) is -1.55. The van der Waals surface area contributed by atoms with E-state index < -0.39 is 11.7 Å². The molecule has 2 aromatic rings. The second kappa shape index (κ2) is 6.21. The van der Waals surface area contributed by atoms with Gasteiger partial charge >= 0.3 is 0 Å². The molecule has 0 saturated carbocycles. The molecule has 2 amide bonds. The van der Waals surface area contributed by atoms with Gasteiger partial charge in [-0.25, -0.2) is 4.39 Å². The average Bonchev–Trinajstić information content (AvgIpc) is 3.08. The molecule has 0 spiro atoms. The molecule has 1 atom stereocenters. The van der Waals surface area contributed by atoms with Crippen LogP contribution in [0.25, 0.3) is 0 Å². The van der Waals surface area contributed by atoms with Crippen LogP contribution < -0.4 is 10.2 Å². The molecule has 0 radical (unpaired) electrons. The number of hydrogen-bond acceptors (Lipinski definition) is 5.